The molecule has 1 amide bonds. The first-order valence-electron chi connectivity index (χ1n) is 8.99. The summed E-state index contributed by atoms with van der Waals surface area (Å²) in [6.07, 6.45) is 2.80. The number of nitrogens with one attached hydrogen (secondary N) is 1. The lowest BCUT2D eigenvalue weighted by Crippen LogP contribution is -2.32. The monoisotopic (exact) mass is 406 g/mol. The molecule has 160 valence electrons. The molecule has 0 aliphatic carbocycles. The lowest BCUT2D eigenvalue weighted by molar-refractivity contribution is 0.0522. The van der Waals surface area contributed by atoms with E-state index in [9.17, 15) is 4.79 Å². The highest BCUT2D eigenvalue weighted by atomic mass is 16.6. The Kier molecular flexibility index (Phi) is 9.20. The largest absolute Gasteiger partial charge is 0.480 e. The fraction of sp³-hybridized carbons (Fsp3) is 0.526. The maximum Gasteiger partial charge on any atom is 0.407 e. The molecule has 2 aromatic rings. The minimum absolute atomic E-state index is 0.214. The maximum absolute atomic E-state index is 11.5. The van der Waals surface area contributed by atoms with Crippen LogP contribution in [0.15, 0.2) is 12.4 Å². The molecule has 0 spiro atoms. The van der Waals surface area contributed by atoms with Crippen LogP contribution < -0.4 is 20.5 Å². The molecule has 0 aliphatic rings. The van der Waals surface area contributed by atoms with E-state index in [1.807, 2.05) is 13.8 Å². The summed E-state index contributed by atoms with van der Waals surface area (Å²) in [5.41, 5.74) is 7.72. The van der Waals surface area contributed by atoms with Gasteiger partial charge in [0.25, 0.3) is 0 Å². The molecule has 0 unspecified atom stereocenters. The molecule has 10 heteroatoms. The number of methoxy groups -OCH3 is 2. The molecule has 0 saturated carbocycles. The van der Waals surface area contributed by atoms with E-state index < -0.39 is 11.7 Å². The molecule has 0 fully saturated rings. The van der Waals surface area contributed by atoms with Crippen LogP contribution in [0.3, 0.4) is 0 Å². The van der Waals surface area contributed by atoms with Gasteiger partial charge in [-0.25, -0.2) is 14.8 Å². The first-order chi connectivity index (χ1) is 13.6. The number of hydrogen-bond acceptors (Lipinski definition) is 9. The molecule has 0 radical (unpaired) electrons. The first kappa shape index (κ1) is 24.0. The number of carbonyl (C=O) groups excluding carboxylic acids is 1. The van der Waals surface area contributed by atoms with Crippen molar-refractivity contribution in [3.05, 3.63) is 35.2 Å². The van der Waals surface area contributed by atoms with E-state index in [1.165, 1.54) is 7.11 Å². The Hall–Kier alpha value is -3.01. The predicted octanol–water partition coefficient (Wildman–Crippen LogP) is 2.07. The van der Waals surface area contributed by atoms with Gasteiger partial charge in [0.05, 0.1) is 32.2 Å². The average Bonchev–Trinajstić information content (AvgIpc) is 2.65. The number of nitrogens with zero attached hydrogens (tertiary/aromatic N) is 4. The molecule has 2 aromatic heterocycles. The molecule has 2 heterocycles. The summed E-state index contributed by atoms with van der Waals surface area (Å²) in [6, 6.07) is 0. The van der Waals surface area contributed by atoms with Gasteiger partial charge in [-0.1, -0.05) is 0 Å². The van der Waals surface area contributed by atoms with E-state index >= 15 is 0 Å². The van der Waals surface area contributed by atoms with Gasteiger partial charge in [-0.15, -0.1) is 0 Å². The van der Waals surface area contributed by atoms with E-state index in [0.717, 1.165) is 11.4 Å². The third kappa shape index (κ3) is 8.69. The summed E-state index contributed by atoms with van der Waals surface area (Å²) < 4.78 is 15.2. The van der Waals surface area contributed by atoms with Gasteiger partial charge in [0, 0.05) is 18.9 Å². The summed E-state index contributed by atoms with van der Waals surface area (Å²) in [7, 11) is 3.07. The van der Waals surface area contributed by atoms with Gasteiger partial charge in [-0.2, -0.15) is 0 Å². The van der Waals surface area contributed by atoms with E-state index in [-0.39, 0.29) is 6.54 Å². The second-order valence-electron chi connectivity index (χ2n) is 6.99. The summed E-state index contributed by atoms with van der Waals surface area (Å²) >= 11 is 0. The number of amides is 1. The Morgan fingerprint density at radius 1 is 1.00 bits per heavy atom. The summed E-state index contributed by atoms with van der Waals surface area (Å²) in [4.78, 5) is 28.0. The van der Waals surface area contributed by atoms with Gasteiger partial charge < -0.3 is 25.3 Å². The van der Waals surface area contributed by atoms with Crippen molar-refractivity contribution in [2.24, 2.45) is 5.73 Å². The van der Waals surface area contributed by atoms with Crippen LogP contribution >= 0.6 is 0 Å². The van der Waals surface area contributed by atoms with Crippen LogP contribution in [0.4, 0.5) is 4.79 Å². The van der Waals surface area contributed by atoms with Gasteiger partial charge in [-0.3, -0.25) is 9.97 Å². The standard InChI is InChI=1S/C12H19N3O3.C7H11N3O/c1-8-6-13-9(10(15-8)17-5)7-14-11(16)18-12(2,3)4;1-5-4-9-6(3-8)7(10-5)11-2/h6H,7H2,1-5H3,(H,14,16);4H,3,8H2,1-2H3. The molecule has 10 nitrogen and oxygen atoms in total. The molecule has 29 heavy (non-hydrogen) atoms. The first-order valence-corrected chi connectivity index (χ1v) is 8.99. The predicted molar refractivity (Wildman–Crippen MR) is 108 cm³/mol. The number of rotatable bonds is 5. The van der Waals surface area contributed by atoms with Crippen molar-refractivity contribution in [2.75, 3.05) is 14.2 Å². The molecular formula is C19H30N6O4. The van der Waals surface area contributed by atoms with Gasteiger partial charge in [0.2, 0.25) is 11.8 Å². The zero-order valence-corrected chi connectivity index (χ0v) is 18.1. The lowest BCUT2D eigenvalue weighted by Gasteiger charge is -2.19. The highest BCUT2D eigenvalue weighted by Crippen LogP contribution is 2.13. The Morgan fingerprint density at radius 2 is 1.48 bits per heavy atom. The Labute approximate surface area is 171 Å². The number of aromatic nitrogens is 4. The number of nitrogens with two attached hydrogens (primary N) is 1. The quantitative estimate of drug-likeness (QED) is 0.765. The topological polar surface area (TPSA) is 134 Å². The van der Waals surface area contributed by atoms with Crippen molar-refractivity contribution >= 4 is 6.09 Å². The van der Waals surface area contributed by atoms with Crippen LogP contribution in [0.2, 0.25) is 0 Å². The average molecular weight is 406 g/mol. The van der Waals surface area contributed by atoms with E-state index in [0.29, 0.717) is 29.7 Å². The Bertz CT molecular complexity index is 808. The number of carbonyl (C=O) groups is 1. The highest BCUT2D eigenvalue weighted by Gasteiger charge is 2.16. The molecule has 0 aliphatic heterocycles. The minimum atomic E-state index is -0.521. The van der Waals surface area contributed by atoms with Crippen LogP contribution in [0.1, 0.15) is 43.5 Å². The smallest absolute Gasteiger partial charge is 0.407 e. The van der Waals surface area contributed by atoms with Gasteiger partial charge in [-0.05, 0) is 34.6 Å². The third-order valence-corrected chi connectivity index (χ3v) is 3.24. The summed E-state index contributed by atoms with van der Waals surface area (Å²) in [6.45, 7) is 9.66. The van der Waals surface area contributed by atoms with Crippen LogP contribution in [-0.2, 0) is 17.8 Å². The second-order valence-corrected chi connectivity index (χ2v) is 6.99. The minimum Gasteiger partial charge on any atom is -0.480 e. The van der Waals surface area contributed by atoms with Crippen LogP contribution in [0.5, 0.6) is 11.8 Å². The highest BCUT2D eigenvalue weighted by molar-refractivity contribution is 5.67. The number of hydrogen-bond donors (Lipinski definition) is 2. The molecule has 0 aromatic carbocycles. The molecule has 0 saturated heterocycles. The van der Waals surface area contributed by atoms with Gasteiger partial charge in [0.1, 0.15) is 17.0 Å². The van der Waals surface area contributed by atoms with Crippen molar-refractivity contribution in [2.45, 2.75) is 53.3 Å². The number of aryl methyl sites for hydroxylation is 2. The number of ether oxygens (including phenoxy) is 3. The lowest BCUT2D eigenvalue weighted by atomic mass is 10.2. The fourth-order valence-electron chi connectivity index (χ4n) is 2.02. The second kappa shape index (κ2) is 11.1. The van der Waals surface area contributed by atoms with Crippen molar-refractivity contribution < 1.29 is 19.0 Å². The Morgan fingerprint density at radius 3 is 1.93 bits per heavy atom. The van der Waals surface area contributed by atoms with E-state index in [2.05, 4.69) is 25.3 Å². The van der Waals surface area contributed by atoms with Crippen molar-refractivity contribution in [3.8, 4) is 11.8 Å². The number of alkyl carbamates (subject to hydrolysis) is 1. The summed E-state index contributed by atoms with van der Waals surface area (Å²) in [5, 5.41) is 2.61. The molecular weight excluding hydrogens is 376 g/mol. The molecule has 0 bridgehead atoms. The third-order valence-electron chi connectivity index (χ3n) is 3.24. The van der Waals surface area contributed by atoms with Crippen molar-refractivity contribution in [3.63, 3.8) is 0 Å². The van der Waals surface area contributed by atoms with Gasteiger partial charge in [0.15, 0.2) is 0 Å². The van der Waals surface area contributed by atoms with Crippen LogP contribution in [0.25, 0.3) is 0 Å². The normalized spacial score (nSPS) is 10.5. The molecule has 3 N–H and O–H groups in total. The maximum atomic E-state index is 11.5. The van der Waals surface area contributed by atoms with Crippen LogP contribution in [0, 0.1) is 13.8 Å². The summed E-state index contributed by atoms with van der Waals surface area (Å²) in [5.74, 6) is 0.929. The van der Waals surface area contributed by atoms with E-state index in [1.54, 1.807) is 40.3 Å². The van der Waals surface area contributed by atoms with Crippen LogP contribution in [-0.4, -0.2) is 45.8 Å². The van der Waals surface area contributed by atoms with Gasteiger partial charge >= 0.3 is 6.09 Å². The Balaban J connectivity index is 0.000000326. The molecule has 2 rings (SSSR count). The van der Waals surface area contributed by atoms with E-state index in [4.69, 9.17) is 19.9 Å². The van der Waals surface area contributed by atoms with Crippen molar-refractivity contribution in [1.82, 2.24) is 25.3 Å². The SMILES string of the molecule is COc1nc(C)cnc1CN.COc1nc(C)cnc1CNC(=O)OC(C)(C)C. The fourth-order valence-corrected chi connectivity index (χ4v) is 2.02. The molecule has 0 atom stereocenters. The zero-order chi connectivity index (χ0) is 22.0. The zero-order valence-electron chi connectivity index (χ0n) is 18.1. The van der Waals surface area contributed by atoms with Crippen molar-refractivity contribution in [1.29, 1.82) is 0 Å².